The highest BCUT2D eigenvalue weighted by atomic mass is 32.1. The zero-order valence-electron chi connectivity index (χ0n) is 15.8. The van der Waals surface area contributed by atoms with E-state index in [0.717, 1.165) is 33.3 Å². The van der Waals surface area contributed by atoms with Crippen LogP contribution in [-0.4, -0.2) is 14.9 Å². The lowest BCUT2D eigenvalue weighted by molar-refractivity contribution is 0.308. The highest BCUT2D eigenvalue weighted by Gasteiger charge is 2.21. The number of benzene rings is 1. The van der Waals surface area contributed by atoms with Gasteiger partial charge in [0.2, 0.25) is 0 Å². The fraction of sp³-hybridized carbons (Fsp3) is 0.227. The van der Waals surface area contributed by atoms with E-state index in [0.29, 0.717) is 6.61 Å². The van der Waals surface area contributed by atoms with Gasteiger partial charge in [-0.3, -0.25) is 4.40 Å². The van der Waals surface area contributed by atoms with Crippen molar-refractivity contribution in [1.29, 1.82) is 0 Å². The molecule has 0 bridgehead atoms. The van der Waals surface area contributed by atoms with Crippen LogP contribution in [0.3, 0.4) is 0 Å². The molecule has 4 aromatic rings. The van der Waals surface area contributed by atoms with Crippen LogP contribution in [0.1, 0.15) is 26.3 Å². The van der Waals surface area contributed by atoms with Crippen molar-refractivity contribution in [2.45, 2.75) is 32.9 Å². The number of anilines is 1. The van der Waals surface area contributed by atoms with Crippen LogP contribution >= 0.6 is 11.3 Å². The van der Waals surface area contributed by atoms with Gasteiger partial charge in [-0.15, -0.1) is 11.3 Å². The Balaban J connectivity index is 1.77. The van der Waals surface area contributed by atoms with Gasteiger partial charge in [-0.25, -0.2) is 4.98 Å². The van der Waals surface area contributed by atoms with Crippen molar-refractivity contribution in [3.05, 3.63) is 71.7 Å². The predicted octanol–water partition coefficient (Wildman–Crippen LogP) is 5.85. The van der Waals surface area contributed by atoms with Gasteiger partial charge in [0.1, 0.15) is 18.1 Å². The van der Waals surface area contributed by atoms with Gasteiger partial charge in [0.15, 0.2) is 11.4 Å². The van der Waals surface area contributed by atoms with Crippen LogP contribution in [0.4, 0.5) is 5.82 Å². The molecule has 0 radical (unpaired) electrons. The summed E-state index contributed by atoms with van der Waals surface area (Å²) in [6.45, 7) is 6.98. The lowest BCUT2D eigenvalue weighted by Gasteiger charge is -2.22. The number of nitrogens with one attached hydrogen (secondary N) is 1. The predicted molar refractivity (Wildman–Crippen MR) is 113 cm³/mol. The normalized spacial score (nSPS) is 11.7. The monoisotopic (exact) mass is 377 g/mol. The minimum atomic E-state index is -0.0805. The molecule has 0 aliphatic heterocycles. The van der Waals surface area contributed by atoms with Gasteiger partial charge in [-0.2, -0.15) is 0 Å². The van der Waals surface area contributed by atoms with Crippen molar-refractivity contribution in [1.82, 2.24) is 9.38 Å². The minimum absolute atomic E-state index is 0.0805. The third-order valence-electron chi connectivity index (χ3n) is 4.10. The van der Waals surface area contributed by atoms with Crippen LogP contribution in [0.15, 0.2) is 66.2 Å². The second-order valence-corrected chi connectivity index (χ2v) is 8.45. The van der Waals surface area contributed by atoms with Gasteiger partial charge < -0.3 is 10.1 Å². The summed E-state index contributed by atoms with van der Waals surface area (Å²) in [6, 6.07) is 18.3. The molecule has 0 saturated heterocycles. The summed E-state index contributed by atoms with van der Waals surface area (Å²) in [6.07, 6.45) is 2.03. The van der Waals surface area contributed by atoms with Gasteiger partial charge in [-0.05, 0) is 49.9 Å². The van der Waals surface area contributed by atoms with Crippen molar-refractivity contribution in [2.75, 3.05) is 5.32 Å². The van der Waals surface area contributed by atoms with Crippen LogP contribution in [0.5, 0.6) is 5.75 Å². The Labute approximate surface area is 163 Å². The molecule has 0 unspecified atom stereocenters. The zero-order chi connectivity index (χ0) is 18.9. The van der Waals surface area contributed by atoms with Crippen LogP contribution in [0.2, 0.25) is 0 Å². The van der Waals surface area contributed by atoms with E-state index < -0.39 is 0 Å². The van der Waals surface area contributed by atoms with Gasteiger partial charge in [0.05, 0.1) is 4.88 Å². The second kappa shape index (κ2) is 7.08. The molecule has 0 saturated carbocycles. The summed E-state index contributed by atoms with van der Waals surface area (Å²) in [5.41, 5.74) is 2.83. The van der Waals surface area contributed by atoms with E-state index in [4.69, 9.17) is 9.72 Å². The number of fused-ring (bicyclic) bond motifs is 1. The Morgan fingerprint density at radius 2 is 1.85 bits per heavy atom. The first-order valence-corrected chi connectivity index (χ1v) is 9.89. The van der Waals surface area contributed by atoms with Crippen LogP contribution in [0.25, 0.3) is 16.2 Å². The van der Waals surface area contributed by atoms with E-state index in [2.05, 4.69) is 60.1 Å². The molecule has 0 atom stereocenters. The van der Waals surface area contributed by atoms with Crippen LogP contribution in [-0.2, 0) is 6.61 Å². The number of imidazole rings is 1. The molecule has 1 N–H and O–H groups in total. The highest BCUT2D eigenvalue weighted by molar-refractivity contribution is 7.13. The van der Waals surface area contributed by atoms with Gasteiger partial charge in [-0.1, -0.05) is 36.4 Å². The SMILES string of the molecule is CC(C)(C)Nc1c(-c2cccs2)nc2c(OCc3ccccc3)cccn12. The lowest BCUT2D eigenvalue weighted by atomic mass is 10.1. The third kappa shape index (κ3) is 3.83. The summed E-state index contributed by atoms with van der Waals surface area (Å²) in [5, 5.41) is 5.69. The lowest BCUT2D eigenvalue weighted by Crippen LogP contribution is -2.27. The first kappa shape index (κ1) is 17.6. The molecular weight excluding hydrogens is 354 g/mol. The number of ether oxygens (including phenoxy) is 1. The molecule has 27 heavy (non-hydrogen) atoms. The van der Waals surface area contributed by atoms with Gasteiger partial charge in [0.25, 0.3) is 0 Å². The number of hydrogen-bond donors (Lipinski definition) is 1. The Hall–Kier alpha value is -2.79. The number of rotatable bonds is 5. The van der Waals surface area contributed by atoms with E-state index in [-0.39, 0.29) is 5.54 Å². The minimum Gasteiger partial charge on any atom is -0.485 e. The first-order valence-electron chi connectivity index (χ1n) is 9.01. The molecule has 4 nitrogen and oxygen atoms in total. The fourth-order valence-electron chi connectivity index (χ4n) is 2.95. The van der Waals surface area contributed by atoms with E-state index in [1.54, 1.807) is 11.3 Å². The van der Waals surface area contributed by atoms with E-state index >= 15 is 0 Å². The summed E-state index contributed by atoms with van der Waals surface area (Å²) < 4.78 is 8.20. The Kier molecular flexibility index (Phi) is 4.62. The number of nitrogens with zero attached hydrogens (tertiary/aromatic N) is 2. The molecule has 138 valence electrons. The molecule has 1 aromatic carbocycles. The maximum Gasteiger partial charge on any atom is 0.182 e. The van der Waals surface area contributed by atoms with Crippen molar-refractivity contribution >= 4 is 22.8 Å². The summed E-state index contributed by atoms with van der Waals surface area (Å²) in [4.78, 5) is 6.08. The van der Waals surface area contributed by atoms with Crippen LogP contribution < -0.4 is 10.1 Å². The van der Waals surface area contributed by atoms with Crippen molar-refractivity contribution < 1.29 is 4.74 Å². The fourth-order valence-corrected chi connectivity index (χ4v) is 3.67. The zero-order valence-corrected chi connectivity index (χ0v) is 16.6. The van der Waals surface area contributed by atoms with E-state index in [9.17, 15) is 0 Å². The number of aromatic nitrogens is 2. The molecule has 0 aliphatic carbocycles. The first-order chi connectivity index (χ1) is 13.0. The summed E-state index contributed by atoms with van der Waals surface area (Å²) in [7, 11) is 0. The molecule has 3 heterocycles. The molecule has 0 spiro atoms. The largest absolute Gasteiger partial charge is 0.485 e. The molecule has 4 rings (SSSR count). The second-order valence-electron chi connectivity index (χ2n) is 7.50. The molecular formula is C22H23N3OS. The van der Waals surface area contributed by atoms with Gasteiger partial charge >= 0.3 is 0 Å². The van der Waals surface area contributed by atoms with E-state index in [1.807, 2.05) is 36.5 Å². The van der Waals surface area contributed by atoms with Crippen LogP contribution in [0, 0.1) is 0 Å². The standard InChI is InChI=1S/C22H23N3OS/c1-22(2,3)24-21-19(18-12-8-14-27-18)23-20-17(11-7-13-25(20)21)26-15-16-9-5-4-6-10-16/h4-14,24H,15H2,1-3H3. The summed E-state index contributed by atoms with van der Waals surface area (Å²) in [5.74, 6) is 1.77. The van der Waals surface area contributed by atoms with Crippen molar-refractivity contribution in [3.8, 4) is 16.3 Å². The Morgan fingerprint density at radius 3 is 2.56 bits per heavy atom. The molecule has 0 fully saturated rings. The van der Waals surface area contributed by atoms with E-state index in [1.165, 1.54) is 0 Å². The van der Waals surface area contributed by atoms with Crippen molar-refractivity contribution in [3.63, 3.8) is 0 Å². The highest BCUT2D eigenvalue weighted by Crippen LogP contribution is 2.36. The maximum atomic E-state index is 6.11. The number of thiophene rings is 1. The Morgan fingerprint density at radius 1 is 1.04 bits per heavy atom. The average Bonchev–Trinajstić information content (AvgIpc) is 3.28. The van der Waals surface area contributed by atoms with Crippen molar-refractivity contribution in [2.24, 2.45) is 0 Å². The topological polar surface area (TPSA) is 38.6 Å². The maximum absolute atomic E-state index is 6.11. The smallest absolute Gasteiger partial charge is 0.182 e. The quantitative estimate of drug-likeness (QED) is 0.474. The Bertz CT molecular complexity index is 1030. The molecule has 3 aromatic heterocycles. The van der Waals surface area contributed by atoms with Gasteiger partial charge in [0, 0.05) is 11.7 Å². The number of pyridine rings is 1. The third-order valence-corrected chi connectivity index (χ3v) is 4.98. The molecule has 0 aliphatic rings. The molecule has 0 amide bonds. The summed E-state index contributed by atoms with van der Waals surface area (Å²) >= 11 is 1.69. The average molecular weight is 378 g/mol. The molecule has 5 heteroatoms. The number of hydrogen-bond acceptors (Lipinski definition) is 4.